The third-order valence-electron chi connectivity index (χ3n) is 5.38. The maximum absolute atomic E-state index is 4.60. The van der Waals surface area contributed by atoms with Gasteiger partial charge in [-0.25, -0.2) is 0 Å². The maximum atomic E-state index is 4.60. The highest BCUT2D eigenvalue weighted by atomic mass is 15.3. The van der Waals surface area contributed by atoms with Gasteiger partial charge in [0.25, 0.3) is 0 Å². The number of hydrogen-bond donors (Lipinski definition) is 0. The molecule has 3 heterocycles. The zero-order chi connectivity index (χ0) is 17.2. The molecule has 0 saturated carbocycles. The van der Waals surface area contributed by atoms with Gasteiger partial charge in [-0.05, 0) is 50.7 Å². The molecule has 5 nitrogen and oxygen atoms in total. The Morgan fingerprint density at radius 3 is 2.38 bits per heavy atom. The number of aromatic nitrogens is 3. The molecule has 136 valence electrons. The quantitative estimate of drug-likeness (QED) is 0.849. The first-order chi connectivity index (χ1) is 11.4. The smallest absolute Gasteiger partial charge is 0.146 e. The van der Waals surface area contributed by atoms with E-state index in [0.717, 1.165) is 18.9 Å². The molecule has 0 bridgehead atoms. The first-order valence-corrected chi connectivity index (χ1v) is 9.75. The monoisotopic (exact) mass is 333 g/mol. The van der Waals surface area contributed by atoms with E-state index in [2.05, 4.69) is 52.4 Å². The van der Waals surface area contributed by atoms with E-state index in [1.54, 1.807) is 0 Å². The highest BCUT2D eigenvalue weighted by Gasteiger charge is 2.28. The minimum Gasteiger partial charge on any atom is -0.317 e. The van der Waals surface area contributed by atoms with Gasteiger partial charge in [0.15, 0.2) is 0 Å². The van der Waals surface area contributed by atoms with Gasteiger partial charge >= 0.3 is 0 Å². The van der Waals surface area contributed by atoms with Gasteiger partial charge < -0.3 is 9.47 Å². The van der Waals surface area contributed by atoms with Crippen molar-refractivity contribution in [3.05, 3.63) is 11.6 Å². The van der Waals surface area contributed by atoms with Crippen LogP contribution in [-0.2, 0) is 13.6 Å². The maximum Gasteiger partial charge on any atom is 0.146 e. The molecule has 24 heavy (non-hydrogen) atoms. The minimum atomic E-state index is 0.362. The molecular weight excluding hydrogens is 298 g/mol. The fourth-order valence-electron chi connectivity index (χ4n) is 4.27. The summed E-state index contributed by atoms with van der Waals surface area (Å²) in [6, 6.07) is 0. The molecule has 1 aromatic heterocycles. The molecule has 2 fully saturated rings. The SMILES string of the molecule is Cn1c(CN2CCCCC2)nnc1[C@H]1CCCN(CC(C)(C)C)C1. The van der Waals surface area contributed by atoms with E-state index < -0.39 is 0 Å². The van der Waals surface area contributed by atoms with Crippen LogP contribution in [0.2, 0.25) is 0 Å². The summed E-state index contributed by atoms with van der Waals surface area (Å²) in [5, 5.41) is 9.13. The lowest BCUT2D eigenvalue weighted by Gasteiger charge is -2.36. The van der Waals surface area contributed by atoms with Crippen LogP contribution in [0.4, 0.5) is 0 Å². The fraction of sp³-hybridized carbons (Fsp3) is 0.895. The summed E-state index contributed by atoms with van der Waals surface area (Å²) in [7, 11) is 2.16. The topological polar surface area (TPSA) is 37.2 Å². The zero-order valence-electron chi connectivity index (χ0n) is 16.1. The van der Waals surface area contributed by atoms with Crippen LogP contribution in [0.3, 0.4) is 0 Å². The van der Waals surface area contributed by atoms with Gasteiger partial charge in [0.1, 0.15) is 11.6 Å². The average Bonchev–Trinajstić information content (AvgIpc) is 2.88. The van der Waals surface area contributed by atoms with Crippen LogP contribution in [0.15, 0.2) is 0 Å². The third-order valence-corrected chi connectivity index (χ3v) is 5.38. The van der Waals surface area contributed by atoms with E-state index in [9.17, 15) is 0 Å². The Kier molecular flexibility index (Phi) is 5.60. The van der Waals surface area contributed by atoms with E-state index in [0.29, 0.717) is 11.3 Å². The molecule has 0 amide bonds. The molecular formula is C19H35N5. The Morgan fingerprint density at radius 1 is 0.958 bits per heavy atom. The predicted octanol–water partition coefficient (Wildman–Crippen LogP) is 3.03. The van der Waals surface area contributed by atoms with Gasteiger partial charge in [-0.15, -0.1) is 10.2 Å². The summed E-state index contributed by atoms with van der Waals surface area (Å²) >= 11 is 0. The molecule has 5 heteroatoms. The Morgan fingerprint density at radius 2 is 1.67 bits per heavy atom. The van der Waals surface area contributed by atoms with E-state index in [1.165, 1.54) is 64.1 Å². The molecule has 0 spiro atoms. The first kappa shape index (κ1) is 17.9. The second-order valence-electron chi connectivity index (χ2n) is 9.01. The summed E-state index contributed by atoms with van der Waals surface area (Å²) in [6.45, 7) is 13.9. The molecule has 1 aromatic rings. The van der Waals surface area contributed by atoms with Gasteiger partial charge in [0.05, 0.1) is 6.54 Å². The number of rotatable bonds is 4. The average molecular weight is 334 g/mol. The minimum absolute atomic E-state index is 0.362. The van der Waals surface area contributed by atoms with Crippen molar-refractivity contribution in [3.63, 3.8) is 0 Å². The normalized spacial score (nSPS) is 24.4. The van der Waals surface area contributed by atoms with Crippen LogP contribution in [0.25, 0.3) is 0 Å². The van der Waals surface area contributed by atoms with Crippen LogP contribution in [0.5, 0.6) is 0 Å². The van der Waals surface area contributed by atoms with E-state index in [1.807, 2.05) is 0 Å². The Balaban J connectivity index is 1.64. The lowest BCUT2D eigenvalue weighted by atomic mass is 9.92. The van der Waals surface area contributed by atoms with Crippen LogP contribution in [0.1, 0.15) is 70.4 Å². The molecule has 0 aromatic carbocycles. The molecule has 2 saturated heterocycles. The van der Waals surface area contributed by atoms with Crippen LogP contribution in [-0.4, -0.2) is 57.3 Å². The van der Waals surface area contributed by atoms with E-state index in [-0.39, 0.29) is 0 Å². The van der Waals surface area contributed by atoms with E-state index >= 15 is 0 Å². The van der Waals surface area contributed by atoms with Crippen LogP contribution >= 0.6 is 0 Å². The van der Waals surface area contributed by atoms with Gasteiger partial charge in [-0.3, -0.25) is 4.90 Å². The lowest BCUT2D eigenvalue weighted by molar-refractivity contribution is 0.147. The fourth-order valence-corrected chi connectivity index (χ4v) is 4.27. The molecule has 0 aliphatic carbocycles. The van der Waals surface area contributed by atoms with Gasteiger partial charge in [0.2, 0.25) is 0 Å². The third kappa shape index (κ3) is 4.57. The molecule has 0 radical (unpaired) electrons. The van der Waals surface area contributed by atoms with Gasteiger partial charge in [-0.2, -0.15) is 0 Å². The Labute approximate surface area is 147 Å². The number of likely N-dealkylation sites (tertiary alicyclic amines) is 2. The Bertz CT molecular complexity index is 524. The van der Waals surface area contributed by atoms with E-state index in [4.69, 9.17) is 0 Å². The number of hydrogen-bond acceptors (Lipinski definition) is 4. The summed E-state index contributed by atoms with van der Waals surface area (Å²) in [4.78, 5) is 5.15. The predicted molar refractivity (Wildman–Crippen MR) is 98.0 cm³/mol. The van der Waals surface area contributed by atoms with Crippen molar-refractivity contribution >= 4 is 0 Å². The van der Waals surface area contributed by atoms with Crippen molar-refractivity contribution in [3.8, 4) is 0 Å². The van der Waals surface area contributed by atoms with Crippen molar-refractivity contribution in [2.45, 2.75) is 65.3 Å². The first-order valence-electron chi connectivity index (χ1n) is 9.75. The largest absolute Gasteiger partial charge is 0.317 e. The summed E-state index contributed by atoms with van der Waals surface area (Å²) < 4.78 is 2.28. The van der Waals surface area contributed by atoms with Crippen molar-refractivity contribution in [1.82, 2.24) is 24.6 Å². The molecule has 1 atom stereocenters. The van der Waals surface area contributed by atoms with Crippen molar-refractivity contribution < 1.29 is 0 Å². The summed E-state index contributed by atoms with van der Waals surface area (Å²) in [5.41, 5.74) is 0.362. The summed E-state index contributed by atoms with van der Waals surface area (Å²) in [5.74, 6) is 2.87. The van der Waals surface area contributed by atoms with Gasteiger partial charge in [0, 0.05) is 26.1 Å². The summed E-state index contributed by atoms with van der Waals surface area (Å²) in [6.07, 6.45) is 6.56. The highest BCUT2D eigenvalue weighted by Crippen LogP contribution is 2.28. The molecule has 2 aliphatic heterocycles. The molecule has 3 rings (SSSR count). The standard InChI is InChI=1S/C19H35N5/c1-19(2,3)15-24-12-8-9-16(13-24)18-21-20-17(22(18)4)14-23-10-6-5-7-11-23/h16H,5-15H2,1-4H3/t16-/m0/s1. The number of piperidine rings is 2. The second kappa shape index (κ2) is 7.52. The lowest BCUT2D eigenvalue weighted by Crippen LogP contribution is -2.40. The van der Waals surface area contributed by atoms with Gasteiger partial charge in [-0.1, -0.05) is 27.2 Å². The van der Waals surface area contributed by atoms with Crippen molar-refractivity contribution in [2.75, 3.05) is 32.7 Å². The second-order valence-corrected chi connectivity index (χ2v) is 9.01. The molecule has 2 aliphatic rings. The Hall–Kier alpha value is -0.940. The van der Waals surface area contributed by atoms with Crippen LogP contribution in [0, 0.1) is 5.41 Å². The molecule has 0 unspecified atom stereocenters. The van der Waals surface area contributed by atoms with Crippen LogP contribution < -0.4 is 0 Å². The zero-order valence-corrected chi connectivity index (χ0v) is 16.1. The highest BCUT2D eigenvalue weighted by molar-refractivity contribution is 5.04. The molecule has 0 N–H and O–H groups in total. The van der Waals surface area contributed by atoms with Crippen molar-refractivity contribution in [1.29, 1.82) is 0 Å². The number of nitrogens with zero attached hydrogens (tertiary/aromatic N) is 5. The van der Waals surface area contributed by atoms with Crippen molar-refractivity contribution in [2.24, 2.45) is 12.5 Å².